The van der Waals surface area contributed by atoms with Gasteiger partial charge in [0.25, 0.3) is 0 Å². The molecular weight excluding hydrogens is 657 g/mol. The number of hydrogen-bond donors (Lipinski definition) is 0. The second kappa shape index (κ2) is 16.5. The summed E-state index contributed by atoms with van der Waals surface area (Å²) in [4.78, 5) is 7.18. The van der Waals surface area contributed by atoms with Crippen molar-refractivity contribution in [3.8, 4) is 11.1 Å². The van der Waals surface area contributed by atoms with Gasteiger partial charge < -0.3 is 19.2 Å². The molecule has 0 radical (unpaired) electrons. The van der Waals surface area contributed by atoms with Crippen LogP contribution in [0, 0.1) is 0 Å². The Kier molecular flexibility index (Phi) is 11.3. The Balaban J connectivity index is 1.41. The van der Waals surface area contributed by atoms with Crippen LogP contribution in [0.4, 0.5) is 34.1 Å². The first-order valence-electron chi connectivity index (χ1n) is 19.8. The second-order valence-electron chi connectivity index (χ2n) is 16.3. The van der Waals surface area contributed by atoms with Crippen LogP contribution in [-0.2, 0) is 5.41 Å². The molecular formula is C50H57N4+. The summed E-state index contributed by atoms with van der Waals surface area (Å²) in [6, 6.07) is 58.0. The lowest BCUT2D eigenvalue weighted by molar-refractivity contribution is -0.870. The van der Waals surface area contributed by atoms with E-state index >= 15 is 0 Å². The predicted octanol–water partition coefficient (Wildman–Crippen LogP) is 12.5. The van der Waals surface area contributed by atoms with E-state index in [1.165, 1.54) is 88.6 Å². The molecule has 0 atom stereocenters. The van der Waals surface area contributed by atoms with E-state index in [1.807, 2.05) is 0 Å². The lowest BCUT2D eigenvalue weighted by Crippen LogP contribution is -2.35. The average molecular weight is 714 g/mol. The van der Waals surface area contributed by atoms with E-state index in [0.29, 0.717) is 0 Å². The molecule has 0 saturated carbocycles. The zero-order chi connectivity index (χ0) is 37.5. The summed E-state index contributed by atoms with van der Waals surface area (Å²) in [6.07, 6.45) is 6.97. The number of quaternary nitrogens is 1. The van der Waals surface area contributed by atoms with Crippen LogP contribution in [0.1, 0.15) is 49.7 Å². The molecule has 6 aromatic carbocycles. The van der Waals surface area contributed by atoms with Crippen LogP contribution in [0.25, 0.3) is 11.1 Å². The summed E-state index contributed by atoms with van der Waals surface area (Å²) in [5.74, 6) is 0. The van der Waals surface area contributed by atoms with Crippen LogP contribution in [0.3, 0.4) is 0 Å². The smallest absolute Gasteiger partial charge is 0.0780 e. The van der Waals surface area contributed by atoms with Gasteiger partial charge in [0.2, 0.25) is 0 Å². The monoisotopic (exact) mass is 713 g/mol. The highest BCUT2D eigenvalue weighted by atomic mass is 15.3. The van der Waals surface area contributed by atoms with Gasteiger partial charge in [0, 0.05) is 39.5 Å². The molecule has 7 rings (SSSR count). The van der Waals surface area contributed by atoms with Crippen LogP contribution in [0.5, 0.6) is 0 Å². The Morgan fingerprint density at radius 3 is 1.15 bits per heavy atom. The van der Waals surface area contributed by atoms with Gasteiger partial charge >= 0.3 is 0 Å². The Hall–Kier alpha value is -5.16. The number of benzene rings is 6. The molecule has 4 heteroatoms. The average Bonchev–Trinajstić information content (AvgIpc) is 3.45. The fourth-order valence-corrected chi connectivity index (χ4v) is 8.48. The molecule has 4 nitrogen and oxygen atoms in total. The van der Waals surface area contributed by atoms with Crippen molar-refractivity contribution in [3.05, 3.63) is 169 Å². The molecule has 0 amide bonds. The van der Waals surface area contributed by atoms with Gasteiger partial charge in [-0.3, -0.25) is 0 Å². The van der Waals surface area contributed by atoms with E-state index in [2.05, 4.69) is 208 Å². The van der Waals surface area contributed by atoms with Crippen LogP contribution < -0.4 is 9.80 Å². The van der Waals surface area contributed by atoms with Gasteiger partial charge in [0.1, 0.15) is 0 Å². The van der Waals surface area contributed by atoms with Crippen molar-refractivity contribution in [2.75, 3.05) is 58.1 Å². The van der Waals surface area contributed by atoms with E-state index in [4.69, 9.17) is 0 Å². The van der Waals surface area contributed by atoms with Gasteiger partial charge in [-0.2, -0.15) is 0 Å². The molecule has 0 saturated heterocycles. The standard InChI is InChI=1S/C50H57N4/c1-51(2)36-20-18-34-50(35-19-21-37-54(3,4)5)48-38-44(52(40-22-10-6-11-23-40)41-24-12-7-13-25-41)30-32-46(48)47-33-31-45(39-49(47)50)53(42-26-14-8-15-27-42)43-28-16-9-17-29-43/h6-17,22-33,38-39H,18-21,34-37H2,1-5H3/q+1. The van der Waals surface area contributed by atoms with Crippen LogP contribution >= 0.6 is 0 Å². The van der Waals surface area contributed by atoms with Gasteiger partial charge in [0.15, 0.2) is 0 Å². The topological polar surface area (TPSA) is 9.72 Å². The third kappa shape index (κ3) is 8.16. The van der Waals surface area contributed by atoms with Gasteiger partial charge in [-0.1, -0.05) is 91.3 Å². The summed E-state index contributed by atoms with van der Waals surface area (Å²) in [5.41, 5.74) is 12.7. The number of fused-ring (bicyclic) bond motifs is 3. The molecule has 276 valence electrons. The van der Waals surface area contributed by atoms with Crippen molar-refractivity contribution in [3.63, 3.8) is 0 Å². The van der Waals surface area contributed by atoms with E-state index in [9.17, 15) is 0 Å². The summed E-state index contributed by atoms with van der Waals surface area (Å²) < 4.78 is 0.990. The number of hydrogen-bond acceptors (Lipinski definition) is 3. The van der Waals surface area contributed by atoms with Crippen molar-refractivity contribution in [1.82, 2.24) is 4.90 Å². The maximum absolute atomic E-state index is 2.55. The number of anilines is 6. The zero-order valence-corrected chi connectivity index (χ0v) is 33.0. The number of para-hydroxylation sites is 4. The van der Waals surface area contributed by atoms with Crippen molar-refractivity contribution < 1.29 is 4.48 Å². The number of unbranched alkanes of at least 4 members (excludes halogenated alkanes) is 2. The van der Waals surface area contributed by atoms with E-state index in [1.54, 1.807) is 0 Å². The van der Waals surface area contributed by atoms with Crippen molar-refractivity contribution in [2.24, 2.45) is 0 Å². The Labute approximate surface area is 324 Å². The zero-order valence-electron chi connectivity index (χ0n) is 33.0. The van der Waals surface area contributed by atoms with E-state index in [-0.39, 0.29) is 5.41 Å². The third-order valence-corrected chi connectivity index (χ3v) is 11.0. The second-order valence-corrected chi connectivity index (χ2v) is 16.3. The molecule has 0 unspecified atom stereocenters. The molecule has 6 aromatic rings. The molecule has 54 heavy (non-hydrogen) atoms. The van der Waals surface area contributed by atoms with Crippen molar-refractivity contribution in [1.29, 1.82) is 0 Å². The fourth-order valence-electron chi connectivity index (χ4n) is 8.48. The molecule has 0 aliphatic heterocycles. The van der Waals surface area contributed by atoms with Gasteiger partial charge in [-0.05, 0) is 148 Å². The van der Waals surface area contributed by atoms with Crippen molar-refractivity contribution >= 4 is 34.1 Å². The molecule has 0 N–H and O–H groups in total. The first kappa shape index (κ1) is 37.2. The minimum atomic E-state index is -0.119. The van der Waals surface area contributed by atoms with E-state index < -0.39 is 0 Å². The summed E-state index contributed by atoms with van der Waals surface area (Å²) in [6.45, 7) is 2.27. The highest BCUT2D eigenvalue weighted by Gasteiger charge is 2.43. The van der Waals surface area contributed by atoms with Crippen molar-refractivity contribution in [2.45, 2.75) is 43.9 Å². The van der Waals surface area contributed by atoms with Crippen LogP contribution in [-0.4, -0.2) is 57.7 Å². The minimum Gasteiger partial charge on any atom is -0.331 e. The molecule has 0 heterocycles. The summed E-state index contributed by atoms with van der Waals surface area (Å²) in [7, 11) is 11.4. The third-order valence-electron chi connectivity index (χ3n) is 11.0. The Bertz CT molecular complexity index is 1870. The van der Waals surface area contributed by atoms with Crippen LogP contribution in [0.15, 0.2) is 158 Å². The van der Waals surface area contributed by atoms with Crippen LogP contribution in [0.2, 0.25) is 0 Å². The fraction of sp³-hybridized carbons (Fsp3) is 0.280. The predicted molar refractivity (Wildman–Crippen MR) is 231 cm³/mol. The maximum atomic E-state index is 2.55. The summed E-state index contributed by atoms with van der Waals surface area (Å²) >= 11 is 0. The largest absolute Gasteiger partial charge is 0.331 e. The molecule has 0 fully saturated rings. The van der Waals surface area contributed by atoms with Gasteiger partial charge in [-0.15, -0.1) is 0 Å². The number of rotatable bonds is 16. The highest BCUT2D eigenvalue weighted by Crippen LogP contribution is 2.57. The van der Waals surface area contributed by atoms with Gasteiger partial charge in [0.05, 0.1) is 27.7 Å². The Morgan fingerprint density at radius 1 is 0.426 bits per heavy atom. The SMILES string of the molecule is CN(C)CCCCC1(CCCC[N+](C)(C)C)c2cc(N(c3ccccc3)c3ccccc3)ccc2-c2ccc(N(c3ccccc3)c3ccccc3)cc21. The quantitative estimate of drug-likeness (QED) is 0.0730. The molecule has 0 bridgehead atoms. The highest BCUT2D eigenvalue weighted by molar-refractivity contribution is 5.88. The first-order valence-corrected chi connectivity index (χ1v) is 19.8. The lowest BCUT2D eigenvalue weighted by Gasteiger charge is -2.35. The first-order chi connectivity index (χ1) is 26.2. The molecule has 0 spiro atoms. The maximum Gasteiger partial charge on any atom is 0.0780 e. The summed E-state index contributed by atoms with van der Waals surface area (Å²) in [5, 5.41) is 0. The molecule has 1 aliphatic carbocycles. The lowest BCUT2D eigenvalue weighted by atomic mass is 9.70. The van der Waals surface area contributed by atoms with Gasteiger partial charge in [-0.25, -0.2) is 0 Å². The molecule has 0 aromatic heterocycles. The molecule has 1 aliphatic rings. The Morgan fingerprint density at radius 2 is 0.796 bits per heavy atom. The normalized spacial score (nSPS) is 13.1. The number of nitrogens with zero attached hydrogens (tertiary/aromatic N) is 4. The van der Waals surface area contributed by atoms with E-state index in [0.717, 1.165) is 23.9 Å². The minimum absolute atomic E-state index is 0.119.